The number of amides is 4. The van der Waals surface area contributed by atoms with E-state index in [9.17, 15) is 19.2 Å². The molecule has 5 aliphatic rings. The Morgan fingerprint density at radius 2 is 0.505 bits per heavy atom. The molecule has 11 unspecified atom stereocenters. The van der Waals surface area contributed by atoms with Crippen LogP contribution >= 0.6 is 47.0 Å². The maximum absolute atomic E-state index is 15.4. The van der Waals surface area contributed by atoms with Crippen molar-refractivity contribution in [2.75, 3.05) is 106 Å². The Bertz CT molecular complexity index is 2600. The van der Waals surface area contributed by atoms with Gasteiger partial charge >= 0.3 is 23.9 Å². The van der Waals surface area contributed by atoms with Crippen LogP contribution in [0.1, 0.15) is 287 Å². The summed E-state index contributed by atoms with van der Waals surface area (Å²) in [4.78, 5) is 118. The molecule has 5 fully saturated rings. The van der Waals surface area contributed by atoms with Crippen molar-refractivity contribution in [2.45, 2.75) is 308 Å². The molecule has 5 saturated carbocycles. The number of rotatable bonds is 32. The van der Waals surface area contributed by atoms with Crippen LogP contribution in [0.25, 0.3) is 0 Å². The monoisotopic (exact) mass is 1520 g/mol. The van der Waals surface area contributed by atoms with E-state index >= 15 is 19.2 Å². The van der Waals surface area contributed by atoms with Gasteiger partial charge < -0.3 is 38.5 Å². The molecule has 5 aliphatic carbocycles. The van der Waals surface area contributed by atoms with E-state index in [1.54, 1.807) is 19.6 Å². The lowest BCUT2D eigenvalue weighted by Crippen LogP contribution is -2.48. The van der Waals surface area contributed by atoms with E-state index in [0.29, 0.717) is 58.5 Å². The molecule has 5 rings (SSSR count). The Morgan fingerprint density at radius 1 is 0.282 bits per heavy atom. The third kappa shape index (κ3) is 30.5. The van der Waals surface area contributed by atoms with Gasteiger partial charge in [0.2, 0.25) is 23.6 Å². The van der Waals surface area contributed by atoms with Crippen molar-refractivity contribution in [3.05, 3.63) is 0 Å². The van der Waals surface area contributed by atoms with Gasteiger partial charge in [0.05, 0.1) is 21.7 Å². The summed E-state index contributed by atoms with van der Waals surface area (Å²) < 4.78 is 26.9. The molecule has 0 aromatic rings. The number of ether oxygens (including phenoxy) is 4. The van der Waals surface area contributed by atoms with Gasteiger partial charge in [-0.15, -0.1) is 0 Å². The summed E-state index contributed by atoms with van der Waals surface area (Å²) in [5.74, 6) is 3.20. The van der Waals surface area contributed by atoms with Gasteiger partial charge in [0.25, 0.3) is 0 Å². The van der Waals surface area contributed by atoms with Gasteiger partial charge in [-0.2, -0.15) is 47.0 Å². The van der Waals surface area contributed by atoms with Gasteiger partial charge in [0.15, 0.2) is 0 Å². The number of hydrogen-bond donors (Lipinski definition) is 0. The number of esters is 4. The molecule has 0 aliphatic heterocycles. The lowest BCUT2D eigenvalue weighted by atomic mass is 9.73. The fourth-order valence-corrected chi connectivity index (χ4v) is 22.0. The quantitative estimate of drug-likeness (QED) is 0.0457. The topological polar surface area (TPSA) is 186 Å². The van der Waals surface area contributed by atoms with Gasteiger partial charge in [0, 0.05) is 126 Å². The Hall–Kier alpha value is -2.84. The van der Waals surface area contributed by atoms with E-state index in [-0.39, 0.29) is 97.6 Å². The van der Waals surface area contributed by atoms with Gasteiger partial charge in [-0.05, 0) is 194 Å². The average Bonchev–Trinajstić information content (AvgIpc) is 1.58. The third-order valence-electron chi connectivity index (χ3n) is 24.6. The van der Waals surface area contributed by atoms with Crippen molar-refractivity contribution in [3.8, 4) is 0 Å². The second kappa shape index (κ2) is 45.3. The van der Waals surface area contributed by atoms with Gasteiger partial charge in [-0.3, -0.25) is 38.4 Å². The van der Waals surface area contributed by atoms with Crippen molar-refractivity contribution in [1.29, 1.82) is 0 Å². The Balaban J connectivity index is 1.46. The van der Waals surface area contributed by atoms with E-state index in [2.05, 4.69) is 0 Å². The normalized spacial score (nSPS) is 25.6. The van der Waals surface area contributed by atoms with Gasteiger partial charge in [-0.1, -0.05) is 103 Å². The molecule has 0 aromatic carbocycles. The molecule has 11 atom stereocenters. The van der Waals surface area contributed by atoms with Crippen LogP contribution in [-0.4, -0.2) is 194 Å². The summed E-state index contributed by atoms with van der Waals surface area (Å²) in [6.45, 7) is 14.8. The van der Waals surface area contributed by atoms with E-state index < -0.39 is 27.1 Å². The largest absolute Gasteiger partial charge is 0.464 e. The highest BCUT2D eigenvalue weighted by Gasteiger charge is 2.60. The smallest absolute Gasteiger partial charge is 0.311 e. The predicted molar refractivity (Wildman–Crippen MR) is 428 cm³/mol. The molecule has 103 heavy (non-hydrogen) atoms. The maximum atomic E-state index is 15.4. The zero-order valence-corrected chi connectivity index (χ0v) is 71.0. The van der Waals surface area contributed by atoms with Crippen molar-refractivity contribution in [2.24, 2.45) is 62.6 Å². The van der Waals surface area contributed by atoms with Crippen LogP contribution in [0.15, 0.2) is 0 Å². The minimum absolute atomic E-state index is 0.0141. The highest BCUT2D eigenvalue weighted by atomic mass is 32.2. The summed E-state index contributed by atoms with van der Waals surface area (Å²) in [5, 5.41) is 1.88. The highest BCUT2D eigenvalue weighted by molar-refractivity contribution is 8.00. The fourth-order valence-electron chi connectivity index (χ4n) is 16.9. The third-order valence-corrected chi connectivity index (χ3v) is 30.2. The van der Waals surface area contributed by atoms with Crippen LogP contribution in [0.4, 0.5) is 0 Å². The lowest BCUT2D eigenvalue weighted by Gasteiger charge is -2.39. The molecule has 0 bridgehead atoms. The number of hydrogen-bond acceptors (Lipinski definition) is 16. The molecule has 0 aromatic heterocycles. The summed E-state index contributed by atoms with van der Waals surface area (Å²) in [6.07, 6.45) is 34.5. The standard InChI is InChI=1S/C83H146N4O12S4/c1-79(2,61-33-21-17-18-24-39-64(42-29-27-36-61)100-53-49-70(88)84(9)10)75(92)96-57-83(59-98-77(94)81(5,6)63-35-23-20-26-41-66(44-31-38-63)102-55-51-72(90)86(13)14,60-99-78(95)82(7,8)74-68-46-32-45-67(47-48-69(68)74)103-56-52-73(91)87(15)16)58-97-76(93)80(3,4)62-34-22-19-25-40-65(43-30-28-37-62)101-54-50-71(89)85(11)12/h61-69,74H,17-60H2,1-16H3. The fraction of sp³-hybridized carbons (Fsp3) is 0.904. The van der Waals surface area contributed by atoms with E-state index in [0.717, 1.165) is 228 Å². The molecule has 0 saturated heterocycles. The molecule has 0 heterocycles. The van der Waals surface area contributed by atoms with Crippen LogP contribution < -0.4 is 0 Å². The van der Waals surface area contributed by atoms with Crippen LogP contribution in [0.2, 0.25) is 0 Å². The molecule has 0 spiro atoms. The molecule has 20 heteroatoms. The second-order valence-corrected chi connectivity index (χ2v) is 40.7. The Morgan fingerprint density at radius 3 is 0.816 bits per heavy atom. The number of nitrogens with zero attached hydrogens (tertiary/aromatic N) is 4. The maximum Gasteiger partial charge on any atom is 0.311 e. The molecule has 0 radical (unpaired) electrons. The first-order valence-electron chi connectivity index (χ1n) is 40.7. The van der Waals surface area contributed by atoms with Crippen LogP contribution in [0.5, 0.6) is 0 Å². The first-order chi connectivity index (χ1) is 48.7. The van der Waals surface area contributed by atoms with Crippen molar-refractivity contribution in [3.63, 3.8) is 0 Å². The number of thioether (sulfide) groups is 4. The van der Waals surface area contributed by atoms with Crippen molar-refractivity contribution >= 4 is 94.6 Å². The molecule has 16 nitrogen and oxygen atoms in total. The molecule has 594 valence electrons. The number of carbonyl (C=O) groups excluding carboxylic acids is 8. The van der Waals surface area contributed by atoms with E-state index in [4.69, 9.17) is 18.9 Å². The zero-order valence-electron chi connectivity index (χ0n) is 67.7. The number of fused-ring (bicyclic) bond motifs is 1. The van der Waals surface area contributed by atoms with Crippen molar-refractivity contribution < 1.29 is 57.3 Å². The minimum atomic E-state index is -1.48. The average molecular weight is 1520 g/mol. The van der Waals surface area contributed by atoms with Gasteiger partial charge in [0.1, 0.15) is 31.8 Å². The SMILES string of the molecule is CN(C)C(=O)CCSC1CCCCCCC(C(C)(C)C(=O)OCC(COC(=O)C(C)(C)C2CCCCCC(SCCC(=O)N(C)C)CCCC2)(COC(=O)C(C)(C)C2CCCCCC(SCCC(=O)N(C)C)CCC2)COC(=O)C(C)(C)C2C3CCCC(SCCC(=O)N(C)C)CCC32)CCCC1. The summed E-state index contributed by atoms with van der Waals surface area (Å²) in [5.41, 5.74) is -5.11. The predicted octanol–water partition coefficient (Wildman–Crippen LogP) is 17.8. The molecule has 4 amide bonds. The summed E-state index contributed by atoms with van der Waals surface area (Å²) >= 11 is 7.66. The van der Waals surface area contributed by atoms with E-state index in [1.165, 1.54) is 0 Å². The summed E-state index contributed by atoms with van der Waals surface area (Å²) in [7, 11) is 14.5. The van der Waals surface area contributed by atoms with Crippen LogP contribution in [0.3, 0.4) is 0 Å². The highest BCUT2D eigenvalue weighted by Crippen LogP contribution is 2.62. The van der Waals surface area contributed by atoms with Crippen LogP contribution in [0, 0.1) is 62.6 Å². The van der Waals surface area contributed by atoms with Gasteiger partial charge in [-0.25, -0.2) is 0 Å². The Kier molecular flexibility index (Phi) is 40.0. The van der Waals surface area contributed by atoms with Crippen LogP contribution in [-0.2, 0) is 57.3 Å². The lowest BCUT2D eigenvalue weighted by molar-refractivity contribution is -0.185. The molecule has 0 N–H and O–H groups in total. The first-order valence-corrected chi connectivity index (χ1v) is 44.9. The zero-order chi connectivity index (χ0) is 76.0. The molecular weight excluding hydrogens is 1370 g/mol. The Labute approximate surface area is 643 Å². The van der Waals surface area contributed by atoms with Crippen molar-refractivity contribution in [1.82, 2.24) is 19.6 Å². The summed E-state index contributed by atoms with van der Waals surface area (Å²) in [6, 6.07) is 0. The first kappa shape index (κ1) is 90.8. The van der Waals surface area contributed by atoms with E-state index in [1.807, 2.05) is 159 Å². The number of carbonyl (C=O) groups is 8. The molecular formula is C83H146N4O12S4. The minimum Gasteiger partial charge on any atom is -0.464 e. The second-order valence-electron chi connectivity index (χ2n) is 35.0.